The molecule has 142 valence electrons. The molecule has 0 fully saturated rings. The maximum Gasteiger partial charge on any atom is 0.416 e. The zero-order chi connectivity index (χ0) is 19.6. The highest BCUT2D eigenvalue weighted by atomic mass is 19.4. The van der Waals surface area contributed by atoms with E-state index in [9.17, 15) is 22.8 Å². The number of rotatable bonds is 5. The number of nitrogens with zero attached hydrogens (tertiary/aromatic N) is 2. The summed E-state index contributed by atoms with van der Waals surface area (Å²) < 4.78 is 40.7. The van der Waals surface area contributed by atoms with Crippen LogP contribution in [0.3, 0.4) is 0 Å². The van der Waals surface area contributed by atoms with Crippen molar-refractivity contribution in [2.24, 2.45) is 7.05 Å². The van der Waals surface area contributed by atoms with Crippen LogP contribution in [0.2, 0.25) is 0 Å². The quantitative estimate of drug-likeness (QED) is 0.743. The Morgan fingerprint density at radius 3 is 2.30 bits per heavy atom. The van der Waals surface area contributed by atoms with Crippen LogP contribution in [0.5, 0.6) is 0 Å². The molecule has 3 rings (SSSR count). The van der Waals surface area contributed by atoms with Crippen LogP contribution in [0.25, 0.3) is 11.0 Å². The Balaban J connectivity index is 1.59. The summed E-state index contributed by atoms with van der Waals surface area (Å²) in [6, 6.07) is 11.9. The second kappa shape index (κ2) is 7.30. The summed E-state index contributed by atoms with van der Waals surface area (Å²) in [4.78, 5) is 24.4. The van der Waals surface area contributed by atoms with Gasteiger partial charge in [-0.3, -0.25) is 13.9 Å². The standard InChI is InChI=1S/C19H18F3N3O2/c1-24-15-4-2-3-5-16(15)25(18(24)27)11-10-17(26)23-12-13-6-8-14(9-7-13)19(20,21)22/h2-9H,10-12H2,1H3,(H,23,26). The lowest BCUT2D eigenvalue weighted by Gasteiger charge is -2.09. The third-order valence-electron chi connectivity index (χ3n) is 4.39. The van der Waals surface area contributed by atoms with Crippen LogP contribution in [0.1, 0.15) is 17.5 Å². The van der Waals surface area contributed by atoms with Crippen LogP contribution >= 0.6 is 0 Å². The molecule has 0 unspecified atom stereocenters. The molecule has 0 bridgehead atoms. The van der Waals surface area contributed by atoms with Gasteiger partial charge in [0.05, 0.1) is 16.6 Å². The van der Waals surface area contributed by atoms with E-state index < -0.39 is 11.7 Å². The summed E-state index contributed by atoms with van der Waals surface area (Å²) in [6.07, 6.45) is -4.29. The predicted molar refractivity (Wildman–Crippen MR) is 95.1 cm³/mol. The van der Waals surface area contributed by atoms with Gasteiger partial charge in [-0.2, -0.15) is 13.2 Å². The number of halogens is 3. The summed E-state index contributed by atoms with van der Waals surface area (Å²) in [6.45, 7) is 0.348. The minimum absolute atomic E-state index is 0.0918. The molecule has 0 atom stereocenters. The smallest absolute Gasteiger partial charge is 0.352 e. The number of aryl methyl sites for hydroxylation is 2. The van der Waals surface area contributed by atoms with Crippen molar-refractivity contribution in [1.82, 2.24) is 14.5 Å². The number of nitrogens with one attached hydrogen (secondary N) is 1. The number of hydrogen-bond acceptors (Lipinski definition) is 2. The third kappa shape index (κ3) is 4.05. The first-order valence-electron chi connectivity index (χ1n) is 8.34. The number of fused-ring (bicyclic) bond motifs is 1. The van der Waals surface area contributed by atoms with Crippen molar-refractivity contribution in [3.05, 3.63) is 70.1 Å². The fourth-order valence-corrected chi connectivity index (χ4v) is 2.89. The largest absolute Gasteiger partial charge is 0.416 e. The first-order chi connectivity index (χ1) is 12.8. The summed E-state index contributed by atoms with van der Waals surface area (Å²) in [7, 11) is 1.67. The van der Waals surface area contributed by atoms with Crippen LogP contribution in [0.4, 0.5) is 13.2 Å². The molecule has 0 aliphatic heterocycles. The molecule has 1 heterocycles. The minimum Gasteiger partial charge on any atom is -0.352 e. The number of hydrogen-bond donors (Lipinski definition) is 1. The highest BCUT2D eigenvalue weighted by Gasteiger charge is 2.29. The second-order valence-electron chi connectivity index (χ2n) is 6.20. The Labute approximate surface area is 153 Å². The lowest BCUT2D eigenvalue weighted by molar-refractivity contribution is -0.137. The van der Waals surface area contributed by atoms with Crippen LogP contribution in [-0.4, -0.2) is 15.0 Å². The molecule has 1 amide bonds. The average Bonchev–Trinajstić information content (AvgIpc) is 2.89. The molecule has 0 aliphatic carbocycles. The van der Waals surface area contributed by atoms with Crippen LogP contribution in [0, 0.1) is 0 Å². The van der Waals surface area contributed by atoms with Crippen molar-refractivity contribution in [1.29, 1.82) is 0 Å². The van der Waals surface area contributed by atoms with Crippen molar-refractivity contribution in [3.8, 4) is 0 Å². The molecule has 0 spiro atoms. The summed E-state index contributed by atoms with van der Waals surface area (Å²) in [5.74, 6) is -0.283. The fourth-order valence-electron chi connectivity index (χ4n) is 2.89. The molecular weight excluding hydrogens is 359 g/mol. The van der Waals surface area contributed by atoms with Gasteiger partial charge < -0.3 is 5.32 Å². The van der Waals surface area contributed by atoms with Crippen molar-refractivity contribution in [3.63, 3.8) is 0 Å². The first-order valence-corrected chi connectivity index (χ1v) is 8.34. The van der Waals surface area contributed by atoms with Crippen LogP contribution < -0.4 is 11.0 Å². The minimum atomic E-state index is -4.38. The summed E-state index contributed by atoms with van der Waals surface area (Å²) >= 11 is 0. The maximum atomic E-state index is 12.5. The molecule has 0 saturated heterocycles. The fraction of sp³-hybridized carbons (Fsp3) is 0.263. The Hall–Kier alpha value is -3.03. The zero-order valence-corrected chi connectivity index (χ0v) is 14.6. The molecule has 5 nitrogen and oxygen atoms in total. The second-order valence-corrected chi connectivity index (χ2v) is 6.20. The topological polar surface area (TPSA) is 56.0 Å². The van der Waals surface area contributed by atoms with Crippen molar-refractivity contribution < 1.29 is 18.0 Å². The Morgan fingerprint density at radius 1 is 1.04 bits per heavy atom. The van der Waals surface area contributed by atoms with E-state index in [1.807, 2.05) is 24.3 Å². The maximum absolute atomic E-state index is 12.5. The number of aromatic nitrogens is 2. The van der Waals surface area contributed by atoms with E-state index in [2.05, 4.69) is 5.32 Å². The number of benzene rings is 2. The van der Waals surface area contributed by atoms with E-state index in [0.717, 1.165) is 23.2 Å². The molecule has 0 saturated carbocycles. The zero-order valence-electron chi connectivity index (χ0n) is 14.6. The van der Waals surface area contributed by atoms with Gasteiger partial charge in [-0.15, -0.1) is 0 Å². The first kappa shape index (κ1) is 18.8. The Morgan fingerprint density at radius 2 is 1.67 bits per heavy atom. The van der Waals surface area contributed by atoms with E-state index in [4.69, 9.17) is 0 Å². The van der Waals surface area contributed by atoms with Gasteiger partial charge in [0, 0.05) is 26.6 Å². The molecule has 27 heavy (non-hydrogen) atoms. The van der Waals surface area contributed by atoms with E-state index in [1.54, 1.807) is 7.05 Å². The molecule has 8 heteroatoms. The molecule has 1 N–H and O–H groups in total. The normalized spacial score (nSPS) is 11.7. The van der Waals surface area contributed by atoms with Gasteiger partial charge in [0.15, 0.2) is 0 Å². The Bertz CT molecular complexity index is 1020. The number of carbonyl (C=O) groups is 1. The lowest BCUT2D eigenvalue weighted by Crippen LogP contribution is -2.27. The molecule has 0 radical (unpaired) electrons. The SMILES string of the molecule is Cn1c(=O)n(CCC(=O)NCc2ccc(C(F)(F)F)cc2)c2ccccc21. The van der Waals surface area contributed by atoms with Gasteiger partial charge in [0.1, 0.15) is 0 Å². The van der Waals surface area contributed by atoms with Gasteiger partial charge in [0.25, 0.3) is 0 Å². The van der Waals surface area contributed by atoms with Gasteiger partial charge >= 0.3 is 11.9 Å². The van der Waals surface area contributed by atoms with Crippen molar-refractivity contribution in [2.75, 3.05) is 0 Å². The highest BCUT2D eigenvalue weighted by molar-refractivity contribution is 5.77. The highest BCUT2D eigenvalue weighted by Crippen LogP contribution is 2.29. The van der Waals surface area contributed by atoms with E-state index in [0.29, 0.717) is 5.56 Å². The summed E-state index contributed by atoms with van der Waals surface area (Å²) in [5.41, 5.74) is 1.17. The molecule has 2 aromatic carbocycles. The number of imidazole rings is 1. The van der Waals surface area contributed by atoms with Crippen LogP contribution in [0.15, 0.2) is 53.3 Å². The average molecular weight is 377 g/mol. The lowest BCUT2D eigenvalue weighted by atomic mass is 10.1. The van der Waals surface area contributed by atoms with Crippen molar-refractivity contribution in [2.45, 2.75) is 25.7 Å². The van der Waals surface area contributed by atoms with Gasteiger partial charge in [-0.1, -0.05) is 24.3 Å². The summed E-state index contributed by atoms with van der Waals surface area (Å²) in [5, 5.41) is 2.66. The Kier molecular flexibility index (Phi) is 5.07. The monoisotopic (exact) mass is 377 g/mol. The van der Waals surface area contributed by atoms with Gasteiger partial charge in [-0.25, -0.2) is 4.79 Å². The third-order valence-corrected chi connectivity index (χ3v) is 4.39. The van der Waals surface area contributed by atoms with Gasteiger partial charge in [-0.05, 0) is 29.8 Å². The molecule has 1 aromatic heterocycles. The predicted octanol–water partition coefficient (Wildman–Crippen LogP) is 3.07. The molecule has 3 aromatic rings. The van der Waals surface area contributed by atoms with Crippen LogP contribution in [-0.2, 0) is 31.1 Å². The molecule has 0 aliphatic rings. The van der Waals surface area contributed by atoms with Crippen molar-refractivity contribution >= 4 is 16.9 Å². The van der Waals surface area contributed by atoms with E-state index in [-0.39, 0.29) is 31.1 Å². The molecular formula is C19H18F3N3O2. The number of amides is 1. The number of carbonyl (C=O) groups excluding carboxylic acids is 1. The number of para-hydroxylation sites is 2. The van der Waals surface area contributed by atoms with Gasteiger partial charge in [0.2, 0.25) is 5.91 Å². The van der Waals surface area contributed by atoms with E-state index in [1.165, 1.54) is 21.3 Å². The number of alkyl halides is 3. The van der Waals surface area contributed by atoms with E-state index >= 15 is 0 Å².